The monoisotopic (exact) mass is 534 g/mol. The van der Waals surface area contributed by atoms with Gasteiger partial charge in [0.2, 0.25) is 5.78 Å². The molecule has 1 aliphatic carbocycles. The van der Waals surface area contributed by atoms with Crippen LogP contribution in [0.5, 0.6) is 0 Å². The largest absolute Gasteiger partial charge is 0.407 e. The fourth-order valence-corrected chi connectivity index (χ4v) is 6.22. The molecular formula is C28H50O4Si3. The van der Waals surface area contributed by atoms with Crippen LogP contribution in [0.3, 0.4) is 0 Å². The summed E-state index contributed by atoms with van der Waals surface area (Å²) in [6.45, 7) is 33.2. The molecule has 0 aliphatic heterocycles. The quantitative estimate of drug-likeness (QED) is 0.204. The van der Waals surface area contributed by atoms with Crippen molar-refractivity contribution in [1.29, 1.82) is 0 Å². The van der Waals surface area contributed by atoms with Crippen LogP contribution in [0.4, 0.5) is 0 Å². The van der Waals surface area contributed by atoms with Crippen molar-refractivity contribution >= 4 is 30.7 Å². The van der Waals surface area contributed by atoms with Gasteiger partial charge < -0.3 is 13.3 Å². The van der Waals surface area contributed by atoms with Gasteiger partial charge in [-0.05, 0) is 66.4 Å². The van der Waals surface area contributed by atoms with E-state index in [4.69, 9.17) is 13.3 Å². The Bertz CT molecular complexity index is 920. The van der Waals surface area contributed by atoms with Crippen LogP contribution in [0, 0.1) is 23.7 Å². The van der Waals surface area contributed by atoms with Gasteiger partial charge in [-0.1, -0.05) is 80.1 Å². The van der Waals surface area contributed by atoms with E-state index in [1.807, 2.05) is 0 Å². The molecule has 0 radical (unpaired) electrons. The smallest absolute Gasteiger partial charge is 0.229 e. The molecule has 0 heterocycles. The van der Waals surface area contributed by atoms with E-state index in [0.717, 1.165) is 0 Å². The minimum Gasteiger partial charge on any atom is -0.407 e. The van der Waals surface area contributed by atoms with Crippen LogP contribution in [0.2, 0.25) is 54.4 Å². The second kappa shape index (κ2) is 10.8. The van der Waals surface area contributed by atoms with Crippen LogP contribution in [0.1, 0.15) is 62.3 Å². The Labute approximate surface area is 219 Å². The van der Waals surface area contributed by atoms with Crippen molar-refractivity contribution in [2.75, 3.05) is 0 Å². The highest BCUT2D eigenvalue weighted by molar-refractivity contribution is 6.75. The average Bonchev–Trinajstić information content (AvgIpc) is 2.62. The highest BCUT2D eigenvalue weighted by Gasteiger charge is 2.49. The Morgan fingerprint density at radius 3 is 1.43 bits per heavy atom. The zero-order valence-electron chi connectivity index (χ0n) is 25.0. The van der Waals surface area contributed by atoms with E-state index in [0.29, 0.717) is 0 Å². The molecule has 0 amide bonds. The summed E-state index contributed by atoms with van der Waals surface area (Å²) in [5.74, 6) is 12.0. The summed E-state index contributed by atoms with van der Waals surface area (Å²) in [6, 6.07) is 0. The molecule has 198 valence electrons. The standard InChI is InChI=1S/C28H50O4Si3/c1-26(2,3)33(10,11)30-23-19-17-16-18-22(29)20-21-24(31-34(12,13)27(4,5)6)25(23)32-35(14,15)28(7,8)9/h16,18,23-25H,1-15H3/b18-16-/t23-,24+,25+/m0/s1. The summed E-state index contributed by atoms with van der Waals surface area (Å²) in [7, 11) is -6.74. The molecule has 0 bridgehead atoms. The zero-order chi connectivity index (χ0) is 27.7. The summed E-state index contributed by atoms with van der Waals surface area (Å²) in [5, 5.41) is -0.0579. The lowest BCUT2D eigenvalue weighted by molar-refractivity contribution is -0.109. The van der Waals surface area contributed by atoms with Crippen molar-refractivity contribution in [2.24, 2.45) is 0 Å². The molecule has 1 aliphatic rings. The Kier molecular flexibility index (Phi) is 9.91. The third kappa shape index (κ3) is 8.55. The van der Waals surface area contributed by atoms with Crippen LogP contribution >= 0.6 is 0 Å². The molecule has 0 saturated carbocycles. The van der Waals surface area contributed by atoms with E-state index >= 15 is 0 Å². The summed E-state index contributed by atoms with van der Waals surface area (Å²) >= 11 is 0. The molecule has 0 aromatic carbocycles. The van der Waals surface area contributed by atoms with E-state index in [1.165, 1.54) is 6.08 Å². The molecule has 0 spiro atoms. The second-order valence-corrected chi connectivity index (χ2v) is 28.5. The number of ketones is 1. The first-order chi connectivity index (χ1) is 15.4. The number of carbonyl (C=O) groups is 1. The second-order valence-electron chi connectivity index (χ2n) is 14.2. The van der Waals surface area contributed by atoms with Crippen LogP contribution in [-0.4, -0.2) is 49.0 Å². The number of hydrogen-bond donors (Lipinski definition) is 0. The molecule has 0 saturated heterocycles. The van der Waals surface area contributed by atoms with Gasteiger partial charge in [-0.3, -0.25) is 4.79 Å². The summed E-state index contributed by atoms with van der Waals surface area (Å²) in [4.78, 5) is 12.4. The van der Waals surface area contributed by atoms with E-state index in [9.17, 15) is 4.79 Å². The molecule has 35 heavy (non-hydrogen) atoms. The van der Waals surface area contributed by atoms with Gasteiger partial charge in [-0.2, -0.15) is 0 Å². The van der Waals surface area contributed by atoms with E-state index in [-0.39, 0.29) is 20.9 Å². The van der Waals surface area contributed by atoms with Gasteiger partial charge in [0.25, 0.3) is 0 Å². The highest BCUT2D eigenvalue weighted by atomic mass is 28.4. The van der Waals surface area contributed by atoms with Crippen molar-refractivity contribution in [3.8, 4) is 23.7 Å². The van der Waals surface area contributed by atoms with Crippen LogP contribution < -0.4 is 0 Å². The molecular weight excluding hydrogens is 485 g/mol. The zero-order valence-corrected chi connectivity index (χ0v) is 28.0. The Balaban J connectivity index is 3.80. The number of rotatable bonds is 6. The lowest BCUT2D eigenvalue weighted by Crippen LogP contribution is -2.57. The minimum absolute atomic E-state index is 0.00120. The third-order valence-corrected chi connectivity index (χ3v) is 21.6. The fourth-order valence-electron chi connectivity index (χ4n) is 2.58. The maximum atomic E-state index is 12.4. The molecule has 0 fully saturated rings. The van der Waals surface area contributed by atoms with E-state index < -0.39 is 43.3 Å². The first-order valence-corrected chi connectivity index (χ1v) is 21.4. The number of carbonyl (C=O) groups excluding carboxylic acids is 1. The van der Waals surface area contributed by atoms with Gasteiger partial charge >= 0.3 is 0 Å². The average molecular weight is 535 g/mol. The fraction of sp³-hybridized carbons (Fsp3) is 0.750. The van der Waals surface area contributed by atoms with Crippen LogP contribution in [0.25, 0.3) is 0 Å². The lowest BCUT2D eigenvalue weighted by Gasteiger charge is -2.47. The summed E-state index contributed by atoms with van der Waals surface area (Å²) < 4.78 is 20.8. The number of hydrogen-bond acceptors (Lipinski definition) is 4. The molecule has 0 unspecified atom stereocenters. The minimum atomic E-state index is -2.27. The molecule has 7 heteroatoms. The Morgan fingerprint density at radius 1 is 0.657 bits per heavy atom. The topological polar surface area (TPSA) is 44.8 Å². The molecule has 0 aromatic heterocycles. The highest BCUT2D eigenvalue weighted by Crippen LogP contribution is 2.43. The van der Waals surface area contributed by atoms with Crippen molar-refractivity contribution in [3.63, 3.8) is 0 Å². The summed E-state index contributed by atoms with van der Waals surface area (Å²) in [5.41, 5.74) is 0. The van der Waals surface area contributed by atoms with E-state index in [1.54, 1.807) is 6.08 Å². The van der Waals surface area contributed by atoms with Gasteiger partial charge in [0.1, 0.15) is 18.3 Å². The van der Waals surface area contributed by atoms with Gasteiger partial charge in [0, 0.05) is 6.08 Å². The predicted octanol–water partition coefficient (Wildman–Crippen LogP) is 7.30. The van der Waals surface area contributed by atoms with Crippen molar-refractivity contribution < 1.29 is 18.1 Å². The van der Waals surface area contributed by atoms with E-state index in [2.05, 4.69) is 125 Å². The third-order valence-electron chi connectivity index (χ3n) is 8.17. The van der Waals surface area contributed by atoms with Gasteiger partial charge in [-0.15, -0.1) is 0 Å². The first-order valence-electron chi connectivity index (χ1n) is 12.7. The SMILES string of the molecule is CC(C)(C)[Si](C)(C)O[C@@H]1[C@@H](O[Si](C)(C)C(C)(C)C)C#C/C=C\C(=O)C#C[C@H]1O[Si](C)(C)C(C)(C)C. The van der Waals surface area contributed by atoms with Crippen molar-refractivity contribution in [2.45, 2.75) is 135 Å². The molecule has 4 nitrogen and oxygen atoms in total. The van der Waals surface area contributed by atoms with Crippen molar-refractivity contribution in [1.82, 2.24) is 0 Å². The van der Waals surface area contributed by atoms with Crippen molar-refractivity contribution in [3.05, 3.63) is 12.2 Å². The first kappa shape index (κ1) is 32.1. The number of allylic oxidation sites excluding steroid dienone is 2. The molecule has 3 atom stereocenters. The summed E-state index contributed by atoms with van der Waals surface area (Å²) in [6.07, 6.45) is 1.31. The maximum Gasteiger partial charge on any atom is 0.229 e. The Hall–Kier alpha value is -0.939. The maximum absolute atomic E-state index is 12.4. The molecule has 0 N–H and O–H groups in total. The van der Waals surface area contributed by atoms with Crippen LogP contribution in [0.15, 0.2) is 12.2 Å². The van der Waals surface area contributed by atoms with Crippen LogP contribution in [-0.2, 0) is 18.1 Å². The molecule has 1 rings (SSSR count). The Morgan fingerprint density at radius 2 is 1.03 bits per heavy atom. The normalized spacial score (nSPS) is 23.6. The van der Waals surface area contributed by atoms with Gasteiger partial charge in [0.05, 0.1) is 0 Å². The molecule has 0 aromatic rings. The van der Waals surface area contributed by atoms with Gasteiger partial charge in [-0.25, -0.2) is 0 Å². The van der Waals surface area contributed by atoms with Gasteiger partial charge in [0.15, 0.2) is 25.0 Å². The lowest BCUT2D eigenvalue weighted by atomic mass is 10.1. The predicted molar refractivity (Wildman–Crippen MR) is 156 cm³/mol.